The molecule has 0 spiro atoms. The van der Waals surface area contributed by atoms with Gasteiger partial charge in [0, 0.05) is 0 Å². The summed E-state index contributed by atoms with van der Waals surface area (Å²) in [6, 6.07) is 6.22. The zero-order valence-corrected chi connectivity index (χ0v) is 8.10. The largest absolute Gasteiger partial charge is 0.573 e. The van der Waals surface area contributed by atoms with Gasteiger partial charge in [-0.25, -0.2) is 4.55 Å². The molecular weight excluding hydrogens is 208 g/mol. The fraction of sp³-hybridized carbons (Fsp3) is 0.143. The molecule has 0 radical (unpaired) electrons. The molecule has 1 unspecified atom stereocenters. The molecule has 7 heteroatoms. The zero-order valence-electron chi connectivity index (χ0n) is 7.28. The number of hydrogen-bond donors (Lipinski definition) is 1. The third kappa shape index (κ3) is 2.46. The van der Waals surface area contributed by atoms with Crippen LogP contribution in [0, 0.1) is 0 Å². The van der Waals surface area contributed by atoms with Crippen LogP contribution in [0.25, 0.3) is 5.53 Å². The second-order valence-corrected chi connectivity index (χ2v) is 3.49. The van der Waals surface area contributed by atoms with Crippen molar-refractivity contribution in [2.45, 2.75) is 0 Å². The lowest BCUT2D eigenvalue weighted by Gasteiger charge is -2.04. The molecular formula is C7H8N2O4S. The van der Waals surface area contributed by atoms with E-state index < -0.39 is 10.3 Å². The van der Waals surface area contributed by atoms with Crippen molar-refractivity contribution in [3.05, 3.63) is 29.8 Å². The van der Waals surface area contributed by atoms with E-state index in [1.807, 2.05) is 0 Å². The second-order valence-electron chi connectivity index (χ2n) is 2.26. The summed E-state index contributed by atoms with van der Waals surface area (Å²) in [6.07, 6.45) is 0. The standard InChI is InChI=1S/C7H8N2O4S/c1-12-6-4-2-3-5-7(6)13-14(10,11)9-8/h2-5H,1H3,(H,10,11). The maximum Gasteiger partial charge on any atom is 0.573 e. The molecule has 0 aliphatic heterocycles. The van der Waals surface area contributed by atoms with E-state index in [9.17, 15) is 4.21 Å². The lowest BCUT2D eigenvalue weighted by molar-refractivity contribution is 0.382. The Morgan fingerprint density at radius 1 is 1.43 bits per heavy atom. The Morgan fingerprint density at radius 3 is 2.50 bits per heavy atom. The van der Waals surface area contributed by atoms with Gasteiger partial charge in [-0.1, -0.05) is 12.1 Å². The van der Waals surface area contributed by atoms with Crippen LogP contribution in [-0.2, 0) is 10.3 Å². The van der Waals surface area contributed by atoms with E-state index in [2.05, 4.69) is 8.34 Å². The molecule has 0 saturated carbocycles. The number of benzene rings is 1. The van der Waals surface area contributed by atoms with Crippen molar-refractivity contribution >= 4 is 10.3 Å². The number of para-hydroxylation sites is 2. The van der Waals surface area contributed by atoms with Crippen LogP contribution in [-0.4, -0.2) is 15.9 Å². The van der Waals surface area contributed by atoms with E-state index in [0.717, 1.165) is 0 Å². The highest BCUT2D eigenvalue weighted by atomic mass is 32.2. The number of ether oxygens (including phenoxy) is 1. The van der Waals surface area contributed by atoms with Gasteiger partial charge in [-0.3, -0.25) is 0 Å². The minimum absolute atomic E-state index is 0.0281. The van der Waals surface area contributed by atoms with Gasteiger partial charge in [-0.2, -0.15) is 0 Å². The van der Waals surface area contributed by atoms with Gasteiger partial charge in [0.15, 0.2) is 11.5 Å². The maximum absolute atomic E-state index is 10.9. The van der Waals surface area contributed by atoms with Crippen LogP contribution in [0.1, 0.15) is 0 Å². The summed E-state index contributed by atoms with van der Waals surface area (Å²) < 4.78 is 31.2. The summed E-state index contributed by atoms with van der Waals surface area (Å²) in [5.41, 5.74) is 8.15. The number of nitrogens with zero attached hydrogens (tertiary/aromatic N) is 2. The lowest BCUT2D eigenvalue weighted by atomic mass is 10.3. The fourth-order valence-corrected chi connectivity index (χ4v) is 1.23. The summed E-state index contributed by atoms with van der Waals surface area (Å²) in [4.78, 5) is 0. The Hall–Kier alpha value is -1.56. The van der Waals surface area contributed by atoms with Crippen LogP contribution in [0.2, 0.25) is 0 Å². The molecule has 0 heterocycles. The van der Waals surface area contributed by atoms with Gasteiger partial charge < -0.3 is 14.5 Å². The number of methoxy groups -OCH3 is 1. The van der Waals surface area contributed by atoms with Crippen molar-refractivity contribution in [2.24, 2.45) is 0 Å². The Morgan fingerprint density at radius 2 is 2.00 bits per heavy atom. The van der Waals surface area contributed by atoms with Crippen LogP contribution in [0.4, 0.5) is 0 Å². The molecule has 76 valence electrons. The van der Waals surface area contributed by atoms with Gasteiger partial charge in [-0.15, -0.1) is 4.21 Å². The Kier molecular flexibility index (Phi) is 3.08. The van der Waals surface area contributed by atoms with Crippen molar-refractivity contribution in [1.29, 1.82) is 0 Å². The molecule has 0 bridgehead atoms. The van der Waals surface area contributed by atoms with E-state index in [1.165, 1.54) is 13.2 Å². The number of hydrogen-bond acceptors (Lipinski definition) is 3. The molecule has 1 atom stereocenters. The first-order valence-electron chi connectivity index (χ1n) is 3.54. The second kappa shape index (κ2) is 4.10. The fourth-order valence-electron chi connectivity index (χ4n) is 0.821. The third-order valence-electron chi connectivity index (χ3n) is 1.37. The van der Waals surface area contributed by atoms with Crippen LogP contribution >= 0.6 is 0 Å². The van der Waals surface area contributed by atoms with Gasteiger partial charge in [0.05, 0.1) is 7.11 Å². The first-order chi connectivity index (χ1) is 6.59. The first kappa shape index (κ1) is 10.5. The molecule has 6 nitrogen and oxygen atoms in total. The topological polar surface area (TPSA) is 92.2 Å². The summed E-state index contributed by atoms with van der Waals surface area (Å²) in [7, 11) is -2.67. The van der Waals surface area contributed by atoms with Crippen molar-refractivity contribution in [3.8, 4) is 11.5 Å². The van der Waals surface area contributed by atoms with E-state index >= 15 is 0 Å². The highest BCUT2D eigenvalue weighted by molar-refractivity contribution is 7.83. The quantitative estimate of drug-likeness (QED) is 0.603. The van der Waals surface area contributed by atoms with E-state index in [4.69, 9.17) is 14.8 Å². The SMILES string of the molecule is COc1ccccc1OS(=O)(O)=[N+]=[N-]. The third-order valence-corrected chi connectivity index (χ3v) is 1.97. The molecule has 0 aromatic heterocycles. The first-order valence-corrected chi connectivity index (χ1v) is 4.94. The normalized spacial score (nSPS) is 13.9. The molecule has 0 saturated heterocycles. The van der Waals surface area contributed by atoms with E-state index in [-0.39, 0.29) is 11.5 Å². The van der Waals surface area contributed by atoms with Crippen LogP contribution < -0.4 is 13.1 Å². The minimum Gasteiger partial charge on any atom is -0.493 e. The molecule has 0 aliphatic rings. The summed E-state index contributed by atoms with van der Waals surface area (Å²) >= 11 is 0. The summed E-state index contributed by atoms with van der Waals surface area (Å²) in [5, 5.41) is 0. The monoisotopic (exact) mass is 216 g/mol. The minimum atomic E-state index is -4.05. The molecule has 1 aromatic carbocycles. The Bertz CT molecular complexity index is 461. The molecule has 1 rings (SSSR count). The van der Waals surface area contributed by atoms with Gasteiger partial charge in [0.2, 0.25) is 0 Å². The van der Waals surface area contributed by atoms with Crippen molar-refractivity contribution in [3.63, 3.8) is 0 Å². The average Bonchev–Trinajstić information content (AvgIpc) is 2.18. The van der Waals surface area contributed by atoms with Gasteiger partial charge in [-0.05, 0) is 16.3 Å². The van der Waals surface area contributed by atoms with Gasteiger partial charge in [0.25, 0.3) is 0 Å². The maximum atomic E-state index is 10.9. The van der Waals surface area contributed by atoms with Gasteiger partial charge >= 0.3 is 10.3 Å². The zero-order chi connectivity index (χ0) is 10.6. The molecule has 0 amide bonds. The smallest absolute Gasteiger partial charge is 0.493 e. The predicted octanol–water partition coefficient (Wildman–Crippen LogP) is 1.02. The van der Waals surface area contributed by atoms with Crippen molar-refractivity contribution in [2.75, 3.05) is 7.11 Å². The highest BCUT2D eigenvalue weighted by Crippen LogP contribution is 2.26. The summed E-state index contributed by atoms with van der Waals surface area (Å²) in [6.45, 7) is 0. The lowest BCUT2D eigenvalue weighted by Crippen LogP contribution is -2.09. The van der Waals surface area contributed by atoms with Crippen LogP contribution in [0.15, 0.2) is 24.3 Å². The van der Waals surface area contributed by atoms with Crippen LogP contribution in [0.5, 0.6) is 11.5 Å². The Labute approximate surface area is 81.2 Å². The van der Waals surface area contributed by atoms with Crippen molar-refractivity contribution in [1.82, 2.24) is 4.16 Å². The molecule has 1 N–H and O–H groups in total. The molecule has 14 heavy (non-hydrogen) atoms. The highest BCUT2D eigenvalue weighted by Gasteiger charge is 2.16. The molecule has 0 fully saturated rings. The van der Waals surface area contributed by atoms with Crippen LogP contribution in [0.3, 0.4) is 0 Å². The molecule has 1 aromatic rings. The van der Waals surface area contributed by atoms with Crippen molar-refractivity contribution < 1.29 is 17.7 Å². The van der Waals surface area contributed by atoms with E-state index in [0.29, 0.717) is 0 Å². The average molecular weight is 216 g/mol. The summed E-state index contributed by atoms with van der Waals surface area (Å²) in [5.74, 6) is 0.304. The Balaban J connectivity index is 3.09. The number of rotatable bonds is 3. The van der Waals surface area contributed by atoms with Gasteiger partial charge in [0.1, 0.15) is 0 Å². The van der Waals surface area contributed by atoms with E-state index in [1.54, 1.807) is 18.2 Å². The molecule has 0 aliphatic carbocycles. The predicted molar refractivity (Wildman–Crippen MR) is 49.9 cm³/mol.